The monoisotopic (exact) mass is 410 g/mol. The smallest absolute Gasteiger partial charge is 0.549 e. The Labute approximate surface area is 146 Å². The number of carbonyl (C=O) groups excluding carboxylic acids is 4. The maximum atomic E-state index is 9.13. The van der Waals surface area contributed by atoms with Gasteiger partial charge in [-0.15, -0.1) is 0 Å². The molecule has 12 nitrogen and oxygen atoms in total. The summed E-state index contributed by atoms with van der Waals surface area (Å²) in [7, 11) is 0. The number of carbonyl (C=O) groups is 4. The summed E-state index contributed by atoms with van der Waals surface area (Å²) in [6, 6.07) is 0. The Balaban J connectivity index is -0.0000000376. The van der Waals surface area contributed by atoms with Crippen molar-refractivity contribution in [2.45, 2.75) is 0 Å². The van der Waals surface area contributed by atoms with E-state index < -0.39 is 23.9 Å². The van der Waals surface area contributed by atoms with Crippen LogP contribution in [0.3, 0.4) is 0 Å². The van der Waals surface area contributed by atoms with Gasteiger partial charge in [0.15, 0.2) is 0 Å². The van der Waals surface area contributed by atoms with Gasteiger partial charge >= 0.3 is 33.6 Å². The van der Waals surface area contributed by atoms with Crippen molar-refractivity contribution in [3.8, 4) is 0 Å². The van der Waals surface area contributed by atoms with Gasteiger partial charge in [-0.05, 0) is 0 Å². The quantitative estimate of drug-likeness (QED) is 0.314. The van der Waals surface area contributed by atoms with Crippen LogP contribution in [0, 0.1) is 0 Å². The third-order valence-electron chi connectivity index (χ3n) is 0.667. The van der Waals surface area contributed by atoms with Crippen LogP contribution in [0.5, 0.6) is 0 Å². The van der Waals surface area contributed by atoms with Crippen LogP contribution in [-0.4, -0.2) is 50.1 Å². The summed E-state index contributed by atoms with van der Waals surface area (Å²) in [5.74, 6) is -4.87. The second-order valence-corrected chi connectivity index (χ2v) is 2.30. The summed E-state index contributed by atoms with van der Waals surface area (Å²) in [5.41, 5.74) is 18.0. The molecule has 0 unspecified atom stereocenters. The molecule has 0 aromatic heterocycles. The molecule has 0 radical (unpaired) electrons. The fourth-order valence-electron chi connectivity index (χ4n) is 0. The normalized spacial score (nSPS) is 6.73. The summed E-state index contributed by atoms with van der Waals surface area (Å²) < 4.78 is 0. The van der Waals surface area contributed by atoms with E-state index in [4.69, 9.17) is 39.6 Å². The summed E-state index contributed by atoms with van der Waals surface area (Å²) in [6.07, 6.45) is 0. The van der Waals surface area contributed by atoms with Crippen LogP contribution in [0.4, 0.5) is 0 Å². The number of rotatable bonds is 4. The molecule has 0 fully saturated rings. The molecule has 0 atom stereocenters. The van der Waals surface area contributed by atoms with E-state index in [-0.39, 0.29) is 59.7 Å². The van der Waals surface area contributed by atoms with Gasteiger partial charge in [0.25, 0.3) is 0 Å². The molecule has 22 heavy (non-hydrogen) atoms. The maximum Gasteiger partial charge on any atom is 2.00 e. The van der Waals surface area contributed by atoms with E-state index in [0.717, 1.165) is 0 Å². The van der Waals surface area contributed by atoms with E-state index in [1.54, 1.807) is 0 Å². The zero-order valence-corrected chi connectivity index (χ0v) is 13.2. The predicted molar refractivity (Wildman–Crippen MR) is 56.2 cm³/mol. The van der Waals surface area contributed by atoms with Crippen molar-refractivity contribution in [1.82, 2.24) is 0 Å². The van der Waals surface area contributed by atoms with Crippen LogP contribution < -0.4 is 43.4 Å². The molecule has 0 saturated heterocycles. The molecule has 134 valence electrons. The van der Waals surface area contributed by atoms with Gasteiger partial charge in [0, 0.05) is 26.2 Å². The average molecular weight is 411 g/mol. The molecule has 0 amide bonds. The molecule has 0 aliphatic carbocycles. The van der Waals surface area contributed by atoms with Gasteiger partial charge in [-0.25, -0.2) is 0 Å². The van der Waals surface area contributed by atoms with Gasteiger partial charge in [0.2, 0.25) is 0 Å². The second kappa shape index (κ2) is 31.9. The Kier molecular flexibility index (Phi) is 53.9. The Morgan fingerprint density at radius 1 is 0.545 bits per heavy atom. The van der Waals surface area contributed by atoms with Crippen molar-refractivity contribution >= 4 is 23.9 Å². The van der Waals surface area contributed by atoms with Crippen LogP contribution in [0.15, 0.2) is 0 Å². The minimum atomic E-state index is -1.22. The zero-order valence-electron chi connectivity index (χ0n) is 11.1. The van der Waals surface area contributed by atoms with Crippen molar-refractivity contribution < 1.29 is 73.2 Å². The van der Waals surface area contributed by atoms with Crippen LogP contribution in [0.25, 0.3) is 0 Å². The van der Waals surface area contributed by atoms with Gasteiger partial charge in [-0.2, -0.15) is 0 Å². The van der Waals surface area contributed by atoms with E-state index in [2.05, 4.69) is 22.9 Å². The van der Waals surface area contributed by atoms with Crippen LogP contribution >= 0.6 is 0 Å². The summed E-state index contributed by atoms with van der Waals surface area (Å²) in [6.45, 7) is -1.56. The first kappa shape index (κ1) is 37.2. The van der Waals surface area contributed by atoms with Gasteiger partial charge < -0.3 is 62.5 Å². The topological polar surface area (TPSA) is 265 Å². The van der Waals surface area contributed by atoms with Crippen LogP contribution in [-0.2, 0) is 52.7 Å². The fourth-order valence-corrected chi connectivity index (χ4v) is 0. The van der Waals surface area contributed by atoms with E-state index in [1.165, 1.54) is 0 Å². The van der Waals surface area contributed by atoms with Crippen molar-refractivity contribution in [3.05, 3.63) is 0 Å². The number of aliphatic carboxylic acids is 4. The number of hydrogen-bond acceptors (Lipinski definition) is 12. The summed E-state index contributed by atoms with van der Waals surface area (Å²) >= 11 is 0. The van der Waals surface area contributed by atoms with E-state index in [9.17, 15) is 0 Å². The van der Waals surface area contributed by atoms with Crippen LogP contribution in [0.2, 0.25) is 0 Å². The molecule has 8 N–H and O–H groups in total. The summed E-state index contributed by atoms with van der Waals surface area (Å²) in [4.78, 5) is 36.5. The van der Waals surface area contributed by atoms with Gasteiger partial charge in [-0.1, -0.05) is 0 Å². The minimum Gasteiger partial charge on any atom is -0.549 e. The van der Waals surface area contributed by atoms with E-state index in [1.807, 2.05) is 0 Å². The Morgan fingerprint density at radius 2 is 0.591 bits per heavy atom. The Morgan fingerprint density at radius 3 is 0.591 bits per heavy atom. The molecule has 0 heterocycles. The first-order valence-corrected chi connectivity index (χ1v) is 4.68. The first-order valence-electron chi connectivity index (χ1n) is 4.68. The summed E-state index contributed by atoms with van der Waals surface area (Å²) in [5, 5.41) is 36.5. The third kappa shape index (κ3) is 130. The number of carboxylic acids is 4. The van der Waals surface area contributed by atoms with E-state index in [0.29, 0.717) is 0 Å². The molecule has 0 aliphatic heterocycles. The molecular formula is C8H16FeN4NiO8. The number of carboxylic acid groups (broad SMARTS) is 4. The second-order valence-electron chi connectivity index (χ2n) is 2.30. The van der Waals surface area contributed by atoms with Crippen LogP contribution in [0.1, 0.15) is 0 Å². The van der Waals surface area contributed by atoms with Gasteiger partial charge in [0.1, 0.15) is 0 Å². The van der Waals surface area contributed by atoms with Crippen molar-refractivity contribution in [2.24, 2.45) is 22.9 Å². The standard InChI is InChI=1S/4C2H5NO2.Fe.Ni/c4*3-1-2(4)5;;/h4*1,3H2,(H,4,5);;/q;;;;2*+2/p-4. The zero-order chi connectivity index (χ0) is 17.1. The van der Waals surface area contributed by atoms with Gasteiger partial charge in [-0.3, -0.25) is 0 Å². The molecule has 0 aliphatic rings. The molecule has 0 rings (SSSR count). The molecule has 0 saturated carbocycles. The molecule has 0 spiro atoms. The molecule has 0 aromatic carbocycles. The minimum absolute atomic E-state index is 0. The van der Waals surface area contributed by atoms with Crippen molar-refractivity contribution in [2.75, 3.05) is 26.2 Å². The largest absolute Gasteiger partial charge is 2.00 e. The maximum absolute atomic E-state index is 9.13. The average Bonchev–Trinajstić information content (AvgIpc) is 2.40. The Bertz CT molecular complexity index is 239. The number of nitrogens with two attached hydrogens (primary N) is 4. The molecule has 0 bridgehead atoms. The Hall–Kier alpha value is -1.27. The van der Waals surface area contributed by atoms with Crippen molar-refractivity contribution in [1.29, 1.82) is 0 Å². The first-order chi connectivity index (χ1) is 9.08. The van der Waals surface area contributed by atoms with E-state index >= 15 is 0 Å². The van der Waals surface area contributed by atoms with Gasteiger partial charge in [0.05, 0.1) is 23.9 Å². The third-order valence-corrected chi connectivity index (χ3v) is 0.667. The molecule has 14 heteroatoms. The SMILES string of the molecule is NCC(=O)[O-].NCC(=O)[O-].NCC(=O)[O-].NCC(=O)[O-].[Fe+2].[Ni+2]. The number of hydrogen-bond donors (Lipinski definition) is 4. The molecular weight excluding hydrogens is 395 g/mol. The van der Waals surface area contributed by atoms with Crippen molar-refractivity contribution in [3.63, 3.8) is 0 Å². The molecule has 0 aromatic rings. The predicted octanol–water partition coefficient (Wildman–Crippen LogP) is -9.23. The fraction of sp³-hybridized carbons (Fsp3) is 0.500.